The Hall–Kier alpha value is -1.33. The lowest BCUT2D eigenvalue weighted by Gasteiger charge is -2.30. The maximum Gasteiger partial charge on any atom is 0.321 e. The Morgan fingerprint density at radius 3 is 2.70 bits per heavy atom. The molecule has 1 aliphatic heterocycles. The fraction of sp³-hybridized carbons (Fsp3) is 0.429. The van der Waals surface area contributed by atoms with Gasteiger partial charge in [0.05, 0.1) is 5.69 Å². The molecule has 0 aliphatic carbocycles. The van der Waals surface area contributed by atoms with Gasteiger partial charge in [-0.1, -0.05) is 30.7 Å². The number of carbonyl (C=O) groups is 1. The zero-order valence-electron chi connectivity index (χ0n) is 11.4. The third kappa shape index (κ3) is 3.61. The van der Waals surface area contributed by atoms with Gasteiger partial charge in [-0.15, -0.1) is 0 Å². The summed E-state index contributed by atoms with van der Waals surface area (Å²) in [7, 11) is 0. The first-order chi connectivity index (χ1) is 9.47. The summed E-state index contributed by atoms with van der Waals surface area (Å²) in [4.78, 5) is 14.3. The van der Waals surface area contributed by atoms with Gasteiger partial charge in [0.2, 0.25) is 0 Å². The Bertz CT molecular complexity index is 527. The van der Waals surface area contributed by atoms with E-state index in [1.54, 1.807) is 18.2 Å². The molecule has 6 heteroatoms. The van der Waals surface area contributed by atoms with Crippen molar-refractivity contribution in [2.45, 2.75) is 19.8 Å². The highest BCUT2D eigenvalue weighted by Gasteiger charge is 2.21. The summed E-state index contributed by atoms with van der Waals surface area (Å²) in [6.45, 7) is 3.75. The summed E-state index contributed by atoms with van der Waals surface area (Å²) >= 11 is 10.9. The van der Waals surface area contributed by atoms with Crippen molar-refractivity contribution in [1.29, 1.82) is 0 Å². The number of nitrogens with one attached hydrogen (secondary N) is 1. The molecule has 4 nitrogen and oxygen atoms in total. The van der Waals surface area contributed by atoms with E-state index in [0.717, 1.165) is 25.9 Å². The number of hydrogen-bond donors (Lipinski definition) is 2. The SMILES string of the molecule is CC1CCN(C(=O)Nc2cc(Cl)ccc2C(N)=S)CC1. The molecular weight excluding hydrogens is 294 g/mol. The Labute approximate surface area is 129 Å². The Morgan fingerprint density at radius 1 is 1.45 bits per heavy atom. The van der Waals surface area contributed by atoms with Crippen LogP contribution in [0.2, 0.25) is 5.02 Å². The van der Waals surface area contributed by atoms with E-state index in [1.807, 2.05) is 4.90 Å². The summed E-state index contributed by atoms with van der Waals surface area (Å²) in [5.41, 5.74) is 6.85. The normalized spacial score (nSPS) is 16.0. The third-order valence-electron chi connectivity index (χ3n) is 3.56. The van der Waals surface area contributed by atoms with Gasteiger partial charge in [0.1, 0.15) is 4.99 Å². The van der Waals surface area contributed by atoms with Crippen LogP contribution < -0.4 is 11.1 Å². The molecule has 0 radical (unpaired) electrons. The summed E-state index contributed by atoms with van der Waals surface area (Å²) in [6.07, 6.45) is 2.07. The molecule has 1 heterocycles. The molecule has 2 amide bonds. The number of piperidine rings is 1. The molecule has 1 saturated heterocycles. The number of likely N-dealkylation sites (tertiary alicyclic amines) is 1. The van der Waals surface area contributed by atoms with Crippen LogP contribution in [0.4, 0.5) is 10.5 Å². The fourth-order valence-electron chi connectivity index (χ4n) is 2.24. The van der Waals surface area contributed by atoms with Crippen LogP contribution in [-0.2, 0) is 0 Å². The molecule has 1 fully saturated rings. The number of hydrogen-bond acceptors (Lipinski definition) is 2. The summed E-state index contributed by atoms with van der Waals surface area (Å²) in [5, 5.41) is 3.39. The van der Waals surface area contributed by atoms with Crippen LogP contribution in [0.25, 0.3) is 0 Å². The lowest BCUT2D eigenvalue weighted by molar-refractivity contribution is 0.186. The highest BCUT2D eigenvalue weighted by Crippen LogP contribution is 2.23. The molecule has 3 N–H and O–H groups in total. The van der Waals surface area contributed by atoms with Crippen LogP contribution in [0.15, 0.2) is 18.2 Å². The first kappa shape index (κ1) is 15.1. The van der Waals surface area contributed by atoms with Crippen molar-refractivity contribution < 1.29 is 4.79 Å². The second-order valence-corrected chi connectivity index (χ2v) is 6.03. The quantitative estimate of drug-likeness (QED) is 0.824. The standard InChI is InChI=1S/C14H18ClN3OS/c1-9-4-6-18(7-5-9)14(19)17-12-8-10(15)2-3-11(12)13(16)20/h2-3,8-9H,4-7H2,1H3,(H2,16,20)(H,17,19). The van der Waals surface area contributed by atoms with E-state index in [2.05, 4.69) is 12.2 Å². The number of anilines is 1. The average Bonchev–Trinajstić information content (AvgIpc) is 2.39. The van der Waals surface area contributed by atoms with E-state index >= 15 is 0 Å². The Morgan fingerprint density at radius 2 is 2.10 bits per heavy atom. The van der Waals surface area contributed by atoms with Crippen LogP contribution in [-0.4, -0.2) is 29.0 Å². The number of benzene rings is 1. The van der Waals surface area contributed by atoms with Gasteiger partial charge in [0, 0.05) is 23.7 Å². The van der Waals surface area contributed by atoms with Gasteiger partial charge in [0.15, 0.2) is 0 Å². The van der Waals surface area contributed by atoms with Crippen molar-refractivity contribution in [2.24, 2.45) is 11.7 Å². The van der Waals surface area contributed by atoms with E-state index in [4.69, 9.17) is 29.6 Å². The molecule has 0 atom stereocenters. The van der Waals surface area contributed by atoms with Gasteiger partial charge in [-0.2, -0.15) is 0 Å². The van der Waals surface area contributed by atoms with Crippen molar-refractivity contribution in [3.63, 3.8) is 0 Å². The molecule has 0 aromatic heterocycles. The van der Waals surface area contributed by atoms with Gasteiger partial charge in [-0.05, 0) is 37.0 Å². The number of carbonyl (C=O) groups excluding carboxylic acids is 1. The molecule has 108 valence electrons. The molecule has 0 unspecified atom stereocenters. The summed E-state index contributed by atoms with van der Waals surface area (Å²) in [6, 6.07) is 4.96. The van der Waals surface area contributed by atoms with Crippen molar-refractivity contribution in [3.05, 3.63) is 28.8 Å². The Kier molecular flexibility index (Phi) is 4.83. The zero-order valence-corrected chi connectivity index (χ0v) is 12.9. The highest BCUT2D eigenvalue weighted by molar-refractivity contribution is 7.80. The maximum atomic E-state index is 12.2. The minimum absolute atomic E-state index is 0.128. The van der Waals surface area contributed by atoms with E-state index in [0.29, 0.717) is 22.2 Å². The number of amides is 2. The molecule has 1 aliphatic rings. The number of thiocarbonyl (C=S) groups is 1. The van der Waals surface area contributed by atoms with Gasteiger partial charge in [-0.3, -0.25) is 0 Å². The first-order valence-corrected chi connectivity index (χ1v) is 7.41. The van der Waals surface area contributed by atoms with Crippen LogP contribution in [0.5, 0.6) is 0 Å². The predicted molar refractivity (Wildman–Crippen MR) is 86.3 cm³/mol. The first-order valence-electron chi connectivity index (χ1n) is 6.62. The lowest BCUT2D eigenvalue weighted by Crippen LogP contribution is -2.40. The van der Waals surface area contributed by atoms with Gasteiger partial charge in [-0.25, -0.2) is 4.79 Å². The topological polar surface area (TPSA) is 58.4 Å². The van der Waals surface area contributed by atoms with E-state index < -0.39 is 0 Å². The predicted octanol–water partition coefficient (Wildman–Crippen LogP) is 3.24. The third-order valence-corrected chi connectivity index (χ3v) is 4.01. The molecule has 2 rings (SSSR count). The second-order valence-electron chi connectivity index (χ2n) is 5.15. The number of rotatable bonds is 2. The number of nitrogens with zero attached hydrogens (tertiary/aromatic N) is 1. The fourth-order valence-corrected chi connectivity index (χ4v) is 2.59. The number of urea groups is 1. The minimum atomic E-state index is -0.128. The molecular formula is C14H18ClN3OS. The van der Waals surface area contributed by atoms with Crippen LogP contribution in [0, 0.1) is 5.92 Å². The van der Waals surface area contributed by atoms with Crippen LogP contribution in [0.1, 0.15) is 25.3 Å². The molecule has 1 aromatic carbocycles. The molecule has 1 aromatic rings. The smallest absolute Gasteiger partial charge is 0.321 e. The maximum absolute atomic E-state index is 12.2. The molecule has 0 bridgehead atoms. The second kappa shape index (κ2) is 6.41. The van der Waals surface area contributed by atoms with Crippen molar-refractivity contribution in [3.8, 4) is 0 Å². The van der Waals surface area contributed by atoms with E-state index in [1.165, 1.54) is 0 Å². The summed E-state index contributed by atoms with van der Waals surface area (Å²) < 4.78 is 0. The monoisotopic (exact) mass is 311 g/mol. The molecule has 20 heavy (non-hydrogen) atoms. The van der Waals surface area contributed by atoms with Crippen molar-refractivity contribution in [2.75, 3.05) is 18.4 Å². The van der Waals surface area contributed by atoms with Gasteiger partial charge < -0.3 is 16.0 Å². The van der Waals surface area contributed by atoms with Crippen molar-refractivity contribution >= 4 is 40.5 Å². The van der Waals surface area contributed by atoms with Crippen LogP contribution in [0.3, 0.4) is 0 Å². The Balaban J connectivity index is 2.11. The van der Waals surface area contributed by atoms with Crippen LogP contribution >= 0.6 is 23.8 Å². The van der Waals surface area contributed by atoms with E-state index in [9.17, 15) is 4.79 Å². The molecule has 0 saturated carbocycles. The highest BCUT2D eigenvalue weighted by atomic mass is 35.5. The number of nitrogens with two attached hydrogens (primary N) is 1. The molecule has 0 spiro atoms. The zero-order chi connectivity index (χ0) is 14.7. The van der Waals surface area contributed by atoms with Crippen molar-refractivity contribution in [1.82, 2.24) is 4.90 Å². The van der Waals surface area contributed by atoms with Gasteiger partial charge in [0.25, 0.3) is 0 Å². The lowest BCUT2D eigenvalue weighted by atomic mass is 10.00. The number of halogens is 1. The summed E-state index contributed by atoms with van der Waals surface area (Å²) in [5.74, 6) is 0.678. The van der Waals surface area contributed by atoms with E-state index in [-0.39, 0.29) is 11.0 Å². The largest absolute Gasteiger partial charge is 0.389 e. The van der Waals surface area contributed by atoms with Gasteiger partial charge >= 0.3 is 6.03 Å². The minimum Gasteiger partial charge on any atom is -0.389 e. The average molecular weight is 312 g/mol.